The van der Waals surface area contributed by atoms with E-state index in [4.69, 9.17) is 13.9 Å². The van der Waals surface area contributed by atoms with Gasteiger partial charge in [-0.2, -0.15) is 0 Å². The van der Waals surface area contributed by atoms with Crippen LogP contribution in [0.25, 0.3) is 0 Å². The number of aryl methyl sites for hydroxylation is 1. The Morgan fingerprint density at radius 2 is 1.86 bits per heavy atom. The highest BCUT2D eigenvalue weighted by Crippen LogP contribution is 2.36. The van der Waals surface area contributed by atoms with E-state index in [-0.39, 0.29) is 29.7 Å². The lowest BCUT2D eigenvalue weighted by Crippen LogP contribution is -2.42. The van der Waals surface area contributed by atoms with E-state index in [2.05, 4.69) is 4.90 Å². The number of benzene rings is 1. The number of likely N-dealkylation sites (tertiary alicyclic amines) is 1. The molecule has 8 nitrogen and oxygen atoms in total. The molecule has 8 heteroatoms. The molecule has 192 valence electrons. The van der Waals surface area contributed by atoms with Crippen LogP contribution in [0.2, 0.25) is 0 Å². The van der Waals surface area contributed by atoms with Crippen molar-refractivity contribution in [3.05, 3.63) is 81.7 Å². The molecule has 1 N–H and O–H groups in total. The molecule has 3 aromatic rings. The van der Waals surface area contributed by atoms with E-state index >= 15 is 0 Å². The summed E-state index contributed by atoms with van der Waals surface area (Å²) < 4.78 is 17.9. The summed E-state index contributed by atoms with van der Waals surface area (Å²) in [5, 5.41) is 11.1. The number of aromatic hydroxyl groups is 1. The minimum Gasteiger partial charge on any atom is -0.507 e. The number of nitrogens with zero attached hydrogens (tertiary/aromatic N) is 2. The molecule has 1 unspecified atom stereocenters. The number of furan rings is 1. The summed E-state index contributed by atoms with van der Waals surface area (Å²) >= 11 is 0. The molecule has 1 aromatic carbocycles. The molecule has 0 spiro atoms. The van der Waals surface area contributed by atoms with Crippen LogP contribution in [0.5, 0.6) is 11.5 Å². The summed E-state index contributed by atoms with van der Waals surface area (Å²) in [5.74, 6) is 1.02. The minimum absolute atomic E-state index is 0.0420. The van der Waals surface area contributed by atoms with Crippen molar-refractivity contribution in [2.45, 2.75) is 46.2 Å². The quantitative estimate of drug-likeness (QED) is 0.444. The molecule has 1 atom stereocenters. The van der Waals surface area contributed by atoms with Crippen LogP contribution in [0.1, 0.15) is 55.3 Å². The lowest BCUT2D eigenvalue weighted by molar-refractivity contribution is -0.149. The van der Waals surface area contributed by atoms with Crippen LogP contribution in [0, 0.1) is 12.8 Å². The summed E-state index contributed by atoms with van der Waals surface area (Å²) in [6.07, 6.45) is 2.83. The zero-order valence-corrected chi connectivity index (χ0v) is 21.1. The van der Waals surface area contributed by atoms with Crippen LogP contribution in [0.3, 0.4) is 0 Å². The Hall–Kier alpha value is -3.52. The first-order chi connectivity index (χ1) is 17.4. The molecule has 1 saturated heterocycles. The van der Waals surface area contributed by atoms with Gasteiger partial charge in [0.25, 0.3) is 5.56 Å². The maximum Gasteiger partial charge on any atom is 0.309 e. The van der Waals surface area contributed by atoms with E-state index in [1.165, 1.54) is 0 Å². The van der Waals surface area contributed by atoms with E-state index < -0.39 is 6.04 Å². The number of ether oxygens (including phenoxy) is 2. The third-order valence-electron chi connectivity index (χ3n) is 6.71. The van der Waals surface area contributed by atoms with Crippen LogP contribution in [-0.2, 0) is 16.1 Å². The number of piperidine rings is 1. The highest BCUT2D eigenvalue weighted by molar-refractivity contribution is 5.72. The van der Waals surface area contributed by atoms with Crippen molar-refractivity contribution < 1.29 is 23.8 Å². The van der Waals surface area contributed by atoms with Crippen LogP contribution < -0.4 is 10.3 Å². The van der Waals surface area contributed by atoms with Crippen molar-refractivity contribution in [3.63, 3.8) is 0 Å². The lowest BCUT2D eigenvalue weighted by atomic mass is 9.91. The molecule has 0 radical (unpaired) electrons. The number of hydrogen-bond acceptors (Lipinski definition) is 7. The van der Waals surface area contributed by atoms with Gasteiger partial charge in [-0.05, 0) is 82.6 Å². The zero-order valence-electron chi connectivity index (χ0n) is 21.1. The number of aromatic nitrogens is 1. The summed E-state index contributed by atoms with van der Waals surface area (Å²) in [5.41, 5.74) is 1.55. The number of hydrogen-bond donors (Lipinski definition) is 1. The topological polar surface area (TPSA) is 94.1 Å². The summed E-state index contributed by atoms with van der Waals surface area (Å²) in [7, 11) is 0. The van der Waals surface area contributed by atoms with Crippen molar-refractivity contribution in [1.82, 2.24) is 9.47 Å². The highest BCUT2D eigenvalue weighted by atomic mass is 16.5. The Bertz CT molecular complexity index is 1210. The van der Waals surface area contributed by atoms with Crippen molar-refractivity contribution in [3.8, 4) is 11.5 Å². The molecular formula is C28H34N2O6. The van der Waals surface area contributed by atoms with Crippen LogP contribution in [0.15, 0.2) is 57.9 Å². The van der Waals surface area contributed by atoms with Gasteiger partial charge in [0.1, 0.15) is 17.3 Å². The summed E-state index contributed by atoms with van der Waals surface area (Å²) in [6, 6.07) is 12.4. The summed E-state index contributed by atoms with van der Waals surface area (Å²) in [4.78, 5) is 28.3. The van der Waals surface area contributed by atoms with Crippen LogP contribution in [0.4, 0.5) is 0 Å². The first kappa shape index (κ1) is 25.6. The molecule has 0 bridgehead atoms. The molecule has 2 aromatic heterocycles. The molecule has 1 aliphatic heterocycles. The Morgan fingerprint density at radius 3 is 2.47 bits per heavy atom. The fourth-order valence-electron chi connectivity index (χ4n) is 4.91. The predicted molar refractivity (Wildman–Crippen MR) is 135 cm³/mol. The monoisotopic (exact) mass is 494 g/mol. The minimum atomic E-state index is -0.486. The molecule has 3 heterocycles. The molecule has 1 fully saturated rings. The van der Waals surface area contributed by atoms with Crippen molar-refractivity contribution in [2.24, 2.45) is 5.92 Å². The van der Waals surface area contributed by atoms with E-state index in [9.17, 15) is 14.7 Å². The van der Waals surface area contributed by atoms with Gasteiger partial charge in [0.2, 0.25) is 0 Å². The molecule has 0 amide bonds. The van der Waals surface area contributed by atoms with Crippen molar-refractivity contribution in [2.75, 3.05) is 26.3 Å². The van der Waals surface area contributed by atoms with E-state index in [1.54, 1.807) is 29.9 Å². The molecule has 4 rings (SSSR count). The molecule has 0 aliphatic carbocycles. The van der Waals surface area contributed by atoms with Crippen molar-refractivity contribution >= 4 is 5.97 Å². The maximum absolute atomic E-state index is 13.9. The van der Waals surface area contributed by atoms with E-state index in [1.807, 2.05) is 44.2 Å². The first-order valence-corrected chi connectivity index (χ1v) is 12.5. The molecule has 1 aliphatic rings. The molecule has 0 saturated carbocycles. The highest BCUT2D eigenvalue weighted by Gasteiger charge is 2.34. The van der Waals surface area contributed by atoms with Gasteiger partial charge < -0.3 is 23.6 Å². The molecular weight excluding hydrogens is 460 g/mol. The van der Waals surface area contributed by atoms with Gasteiger partial charge in [-0.3, -0.25) is 14.5 Å². The maximum atomic E-state index is 13.9. The number of esters is 1. The van der Waals surface area contributed by atoms with Gasteiger partial charge in [-0.15, -0.1) is 0 Å². The van der Waals surface area contributed by atoms with Crippen LogP contribution >= 0.6 is 0 Å². The van der Waals surface area contributed by atoms with Gasteiger partial charge in [-0.1, -0.05) is 12.1 Å². The second-order valence-corrected chi connectivity index (χ2v) is 9.02. The predicted octanol–water partition coefficient (Wildman–Crippen LogP) is 4.27. The largest absolute Gasteiger partial charge is 0.507 e. The van der Waals surface area contributed by atoms with Gasteiger partial charge >= 0.3 is 5.97 Å². The van der Waals surface area contributed by atoms with Gasteiger partial charge in [0, 0.05) is 5.69 Å². The van der Waals surface area contributed by atoms with E-state index in [0.29, 0.717) is 56.2 Å². The number of carbonyl (C=O) groups excluding carboxylic acids is 1. The average molecular weight is 495 g/mol. The second-order valence-electron chi connectivity index (χ2n) is 9.02. The van der Waals surface area contributed by atoms with Crippen LogP contribution in [-0.4, -0.2) is 46.8 Å². The number of carbonyl (C=O) groups is 1. The average Bonchev–Trinajstić information content (AvgIpc) is 3.39. The zero-order chi connectivity index (χ0) is 25.7. The Morgan fingerprint density at radius 1 is 1.14 bits per heavy atom. The summed E-state index contributed by atoms with van der Waals surface area (Å²) in [6.45, 7) is 7.90. The first-order valence-electron chi connectivity index (χ1n) is 12.5. The van der Waals surface area contributed by atoms with Gasteiger partial charge in [-0.25, -0.2) is 0 Å². The Balaban J connectivity index is 1.73. The van der Waals surface area contributed by atoms with Gasteiger partial charge in [0.15, 0.2) is 0 Å². The molecule has 36 heavy (non-hydrogen) atoms. The second kappa shape index (κ2) is 11.5. The number of rotatable bonds is 9. The van der Waals surface area contributed by atoms with Crippen molar-refractivity contribution in [1.29, 1.82) is 0 Å². The third kappa shape index (κ3) is 5.49. The fraction of sp³-hybridized carbons (Fsp3) is 0.429. The lowest BCUT2D eigenvalue weighted by Gasteiger charge is -2.37. The Kier molecular flexibility index (Phi) is 8.15. The SMILES string of the molecule is CCOC(=O)C1CCN(C(c2ccc(OCC)cc2)c2c(O)cc(C)n(Cc3ccco3)c2=O)CC1. The fourth-order valence-corrected chi connectivity index (χ4v) is 4.91. The smallest absolute Gasteiger partial charge is 0.309 e. The number of pyridine rings is 1. The normalized spacial score (nSPS) is 15.5. The van der Waals surface area contributed by atoms with Gasteiger partial charge in [0.05, 0.1) is 43.5 Å². The van der Waals surface area contributed by atoms with E-state index in [0.717, 1.165) is 11.3 Å². The standard InChI is InChI=1S/C28H34N2O6/c1-4-34-22-10-8-20(9-11-22)26(29-14-12-21(13-15-29)28(33)35-5-2)25-24(31)17-19(3)30(27(25)32)18-23-7-6-16-36-23/h6-11,16-17,21,26,31H,4-5,12-15,18H2,1-3H3. The third-order valence-corrected chi connectivity index (χ3v) is 6.71. The Labute approximate surface area is 211 Å².